The van der Waals surface area contributed by atoms with Gasteiger partial charge in [-0.2, -0.15) is 18.3 Å². The van der Waals surface area contributed by atoms with Gasteiger partial charge in [-0.05, 0) is 24.3 Å². The highest BCUT2D eigenvalue weighted by Gasteiger charge is 2.30. The van der Waals surface area contributed by atoms with Crippen LogP contribution in [0.4, 0.5) is 29.5 Å². The minimum atomic E-state index is -4.46. The number of aromatic nitrogens is 4. The molecule has 1 aliphatic rings. The van der Waals surface area contributed by atoms with Crippen LogP contribution in [0.15, 0.2) is 55.1 Å². The van der Waals surface area contributed by atoms with E-state index >= 15 is 0 Å². The number of carbonyl (C=O) groups excluding carboxylic acids is 1. The number of piperazine rings is 1. The second-order valence-corrected chi connectivity index (χ2v) is 6.67. The minimum Gasteiger partial charge on any atom is -0.353 e. The van der Waals surface area contributed by atoms with Gasteiger partial charge in [0.1, 0.15) is 12.1 Å². The zero-order valence-corrected chi connectivity index (χ0v) is 15.8. The number of urea groups is 1. The Hall–Kier alpha value is -3.63. The van der Waals surface area contributed by atoms with Crippen molar-refractivity contribution >= 4 is 17.5 Å². The van der Waals surface area contributed by atoms with Crippen LogP contribution in [-0.2, 0) is 6.18 Å². The standard InChI is InChI=1S/C19H18F3N7O/c20-19(21,22)14-3-1-4-15(11-14)26-18(30)28-9-7-27(8-10-28)16-12-17(24-13-23-16)29-6-2-5-25-29/h1-6,11-13H,7-10H2,(H,26,30). The van der Waals surface area contributed by atoms with Gasteiger partial charge in [0.2, 0.25) is 0 Å². The molecule has 0 radical (unpaired) electrons. The van der Waals surface area contributed by atoms with Gasteiger partial charge in [-0.15, -0.1) is 0 Å². The molecule has 1 aliphatic heterocycles. The molecule has 2 amide bonds. The SMILES string of the molecule is O=C(Nc1cccc(C(F)(F)F)c1)N1CCN(c2cc(-n3cccn3)ncn2)CC1. The molecule has 1 saturated heterocycles. The highest BCUT2D eigenvalue weighted by Crippen LogP contribution is 2.30. The fraction of sp³-hybridized carbons (Fsp3) is 0.263. The van der Waals surface area contributed by atoms with Crippen LogP contribution in [-0.4, -0.2) is 56.9 Å². The van der Waals surface area contributed by atoms with Gasteiger partial charge in [-0.1, -0.05) is 6.07 Å². The number of hydrogen-bond acceptors (Lipinski definition) is 5. The Balaban J connectivity index is 1.37. The Morgan fingerprint density at radius 3 is 2.47 bits per heavy atom. The number of alkyl halides is 3. The van der Waals surface area contributed by atoms with Crippen molar-refractivity contribution in [2.75, 3.05) is 36.4 Å². The number of hydrogen-bond donors (Lipinski definition) is 1. The number of rotatable bonds is 3. The lowest BCUT2D eigenvalue weighted by molar-refractivity contribution is -0.137. The van der Waals surface area contributed by atoms with E-state index in [2.05, 4.69) is 20.4 Å². The Morgan fingerprint density at radius 1 is 1.00 bits per heavy atom. The summed E-state index contributed by atoms with van der Waals surface area (Å²) in [6.45, 7) is 1.88. The monoisotopic (exact) mass is 417 g/mol. The van der Waals surface area contributed by atoms with E-state index in [1.165, 1.54) is 18.5 Å². The Labute approximate surface area is 170 Å². The molecule has 1 aromatic carbocycles. The van der Waals surface area contributed by atoms with E-state index in [1.54, 1.807) is 28.0 Å². The van der Waals surface area contributed by atoms with E-state index < -0.39 is 17.8 Å². The molecule has 3 aromatic rings. The summed E-state index contributed by atoms with van der Waals surface area (Å²) in [5.41, 5.74) is -0.696. The highest BCUT2D eigenvalue weighted by molar-refractivity contribution is 5.89. The summed E-state index contributed by atoms with van der Waals surface area (Å²) in [5.74, 6) is 1.35. The van der Waals surface area contributed by atoms with E-state index in [-0.39, 0.29) is 5.69 Å². The molecule has 11 heteroatoms. The van der Waals surface area contributed by atoms with Crippen LogP contribution in [0, 0.1) is 0 Å². The fourth-order valence-corrected chi connectivity index (χ4v) is 3.15. The van der Waals surface area contributed by atoms with Gasteiger partial charge in [0.25, 0.3) is 0 Å². The number of carbonyl (C=O) groups is 1. The molecule has 0 spiro atoms. The molecule has 0 saturated carbocycles. The predicted octanol–water partition coefficient (Wildman–Crippen LogP) is 3.04. The van der Waals surface area contributed by atoms with E-state index in [0.717, 1.165) is 12.1 Å². The third-order valence-corrected chi connectivity index (χ3v) is 4.71. The normalized spacial score (nSPS) is 14.6. The molecule has 1 fully saturated rings. The first-order valence-electron chi connectivity index (χ1n) is 9.20. The van der Waals surface area contributed by atoms with Gasteiger partial charge in [0.15, 0.2) is 5.82 Å². The van der Waals surface area contributed by atoms with Gasteiger partial charge >= 0.3 is 12.2 Å². The number of halogens is 3. The average Bonchev–Trinajstić information content (AvgIpc) is 3.29. The van der Waals surface area contributed by atoms with Crippen LogP contribution in [0.3, 0.4) is 0 Å². The number of nitrogens with zero attached hydrogens (tertiary/aromatic N) is 6. The summed E-state index contributed by atoms with van der Waals surface area (Å²) in [6.07, 6.45) is 0.434. The summed E-state index contributed by atoms with van der Waals surface area (Å²) in [5, 5.41) is 6.68. The number of amides is 2. The summed E-state index contributed by atoms with van der Waals surface area (Å²) in [6, 6.07) is 7.76. The molecule has 4 rings (SSSR count). The first kappa shape index (κ1) is 19.7. The van der Waals surface area contributed by atoms with Crippen LogP contribution in [0.1, 0.15) is 5.56 Å². The summed E-state index contributed by atoms with van der Waals surface area (Å²) < 4.78 is 40.1. The van der Waals surface area contributed by atoms with Crippen molar-refractivity contribution in [3.8, 4) is 5.82 Å². The molecule has 3 heterocycles. The second-order valence-electron chi connectivity index (χ2n) is 6.67. The minimum absolute atomic E-state index is 0.108. The summed E-state index contributed by atoms with van der Waals surface area (Å²) in [4.78, 5) is 24.5. The second kappa shape index (κ2) is 8.01. The van der Waals surface area contributed by atoms with Gasteiger partial charge in [0, 0.05) is 50.3 Å². The lowest BCUT2D eigenvalue weighted by Crippen LogP contribution is -2.50. The van der Waals surface area contributed by atoms with Crippen molar-refractivity contribution in [3.05, 3.63) is 60.7 Å². The largest absolute Gasteiger partial charge is 0.416 e. The Bertz CT molecular complexity index is 1010. The van der Waals surface area contributed by atoms with Crippen LogP contribution in [0.5, 0.6) is 0 Å². The topological polar surface area (TPSA) is 79.2 Å². The zero-order chi connectivity index (χ0) is 21.1. The lowest BCUT2D eigenvalue weighted by Gasteiger charge is -2.35. The summed E-state index contributed by atoms with van der Waals surface area (Å²) in [7, 11) is 0. The van der Waals surface area contributed by atoms with Crippen molar-refractivity contribution in [2.45, 2.75) is 6.18 Å². The maximum atomic E-state index is 12.8. The van der Waals surface area contributed by atoms with Gasteiger partial charge < -0.3 is 15.1 Å². The lowest BCUT2D eigenvalue weighted by atomic mass is 10.2. The van der Waals surface area contributed by atoms with Crippen molar-refractivity contribution in [3.63, 3.8) is 0 Å². The molecule has 0 atom stereocenters. The molecule has 0 bridgehead atoms. The van der Waals surface area contributed by atoms with Crippen LogP contribution >= 0.6 is 0 Å². The van der Waals surface area contributed by atoms with Crippen molar-refractivity contribution < 1.29 is 18.0 Å². The maximum Gasteiger partial charge on any atom is 0.416 e. The molecule has 2 aromatic heterocycles. The van der Waals surface area contributed by atoms with E-state index in [1.807, 2.05) is 11.0 Å². The highest BCUT2D eigenvalue weighted by atomic mass is 19.4. The smallest absolute Gasteiger partial charge is 0.353 e. The van der Waals surface area contributed by atoms with Gasteiger partial charge in [-0.25, -0.2) is 19.4 Å². The molecular weight excluding hydrogens is 399 g/mol. The third kappa shape index (κ3) is 4.34. The zero-order valence-electron chi connectivity index (χ0n) is 15.8. The molecule has 1 N–H and O–H groups in total. The van der Waals surface area contributed by atoms with E-state index in [0.29, 0.717) is 37.8 Å². The Morgan fingerprint density at radius 2 is 1.77 bits per heavy atom. The van der Waals surface area contributed by atoms with Crippen LogP contribution < -0.4 is 10.2 Å². The first-order valence-corrected chi connectivity index (χ1v) is 9.20. The number of benzene rings is 1. The van der Waals surface area contributed by atoms with Crippen LogP contribution in [0.2, 0.25) is 0 Å². The van der Waals surface area contributed by atoms with Crippen molar-refractivity contribution in [2.24, 2.45) is 0 Å². The van der Waals surface area contributed by atoms with Gasteiger partial charge in [-0.3, -0.25) is 0 Å². The quantitative estimate of drug-likeness (QED) is 0.709. The van der Waals surface area contributed by atoms with Crippen LogP contribution in [0.25, 0.3) is 5.82 Å². The predicted molar refractivity (Wildman–Crippen MR) is 103 cm³/mol. The average molecular weight is 417 g/mol. The molecule has 8 nitrogen and oxygen atoms in total. The number of nitrogens with one attached hydrogen (secondary N) is 1. The van der Waals surface area contributed by atoms with Gasteiger partial charge in [0.05, 0.1) is 5.56 Å². The molecule has 0 unspecified atom stereocenters. The van der Waals surface area contributed by atoms with Crippen molar-refractivity contribution in [1.82, 2.24) is 24.6 Å². The Kier molecular flexibility index (Phi) is 5.25. The molecular formula is C19H18F3N7O. The third-order valence-electron chi connectivity index (χ3n) is 4.71. The molecule has 30 heavy (non-hydrogen) atoms. The summed E-state index contributed by atoms with van der Waals surface area (Å²) >= 11 is 0. The first-order chi connectivity index (χ1) is 14.4. The molecule has 156 valence electrons. The maximum absolute atomic E-state index is 12.8. The van der Waals surface area contributed by atoms with Crippen molar-refractivity contribution in [1.29, 1.82) is 0 Å². The van der Waals surface area contributed by atoms with E-state index in [4.69, 9.17) is 0 Å². The fourth-order valence-electron chi connectivity index (χ4n) is 3.15. The van der Waals surface area contributed by atoms with E-state index in [9.17, 15) is 18.0 Å². The number of anilines is 2. The molecule has 0 aliphatic carbocycles.